The van der Waals surface area contributed by atoms with E-state index >= 15 is 0 Å². The lowest BCUT2D eigenvalue weighted by Crippen LogP contribution is -2.36. The fourth-order valence-electron chi connectivity index (χ4n) is 4.05. The molecule has 1 amide bonds. The highest BCUT2D eigenvalue weighted by atomic mass is 16.5. The van der Waals surface area contributed by atoms with E-state index in [9.17, 15) is 4.79 Å². The van der Waals surface area contributed by atoms with Gasteiger partial charge >= 0.3 is 0 Å². The summed E-state index contributed by atoms with van der Waals surface area (Å²) in [6, 6.07) is 5.63. The maximum Gasteiger partial charge on any atom is 0.228 e. The van der Waals surface area contributed by atoms with Gasteiger partial charge in [-0.15, -0.1) is 5.10 Å². The molecule has 5 heterocycles. The summed E-state index contributed by atoms with van der Waals surface area (Å²) in [7, 11) is 0. The Labute approximate surface area is 194 Å². The first-order chi connectivity index (χ1) is 17.3. The Morgan fingerprint density at radius 2 is 2.06 bits per heavy atom. The van der Waals surface area contributed by atoms with Crippen LogP contribution in [0.2, 0.25) is 0 Å². The highest BCUT2D eigenvalue weighted by molar-refractivity contribution is 6.03. The van der Waals surface area contributed by atoms with Crippen LogP contribution in [0.3, 0.4) is 0 Å². The molecule has 2 aliphatic rings. The fourth-order valence-corrected chi connectivity index (χ4v) is 4.05. The number of pyridine rings is 3. The van der Waals surface area contributed by atoms with Gasteiger partial charge in [-0.1, -0.05) is 0 Å². The predicted molar refractivity (Wildman–Crippen MR) is 125 cm³/mol. The molecule has 4 aromatic heterocycles. The van der Waals surface area contributed by atoms with Gasteiger partial charge in [0, 0.05) is 58.8 Å². The Hall–Kier alpha value is -3.79. The fraction of sp³-hybridized carbons (Fsp3) is 0.348. The SMILES string of the molecule is [2H]C([2H])([2H])Nc1ncc(-c2nc3ccc(N4CCOCC4)cn3n2)c2cc(NC(=O)C3CC3)ncc12. The second-order valence-corrected chi connectivity index (χ2v) is 8.25. The van der Waals surface area contributed by atoms with Crippen molar-refractivity contribution in [3.8, 4) is 11.4 Å². The van der Waals surface area contributed by atoms with Gasteiger partial charge in [0.1, 0.15) is 11.6 Å². The van der Waals surface area contributed by atoms with Crippen LogP contribution in [0.25, 0.3) is 27.8 Å². The molecule has 0 spiro atoms. The first-order valence-electron chi connectivity index (χ1n) is 12.4. The minimum absolute atomic E-state index is 0.0213. The molecule has 168 valence electrons. The maximum atomic E-state index is 12.3. The topological polar surface area (TPSA) is 110 Å². The van der Waals surface area contributed by atoms with Gasteiger partial charge in [-0.25, -0.2) is 19.5 Å². The summed E-state index contributed by atoms with van der Waals surface area (Å²) in [5.74, 6) is 0.926. The molecule has 2 fully saturated rings. The standard InChI is InChI=1S/C23H24N8O2/c1-24-21-17-11-25-19(27-23(32)14-2-3-14)10-16(17)18(12-26-21)22-28-20-5-4-15(13-31(20)29-22)30-6-8-33-9-7-30/h4-5,10-14H,2-3,6-9H2,1H3,(H,24,26)(H,25,27,32)/i1D3. The molecular formula is C23H24N8O2. The van der Waals surface area contributed by atoms with Gasteiger partial charge in [-0.2, -0.15) is 0 Å². The van der Waals surface area contributed by atoms with Crippen molar-refractivity contribution in [3.05, 3.63) is 36.8 Å². The minimum atomic E-state index is -2.43. The lowest BCUT2D eigenvalue weighted by molar-refractivity contribution is -0.117. The summed E-state index contributed by atoms with van der Waals surface area (Å²) in [4.78, 5) is 27.9. The van der Waals surface area contributed by atoms with Crippen LogP contribution in [0, 0.1) is 5.92 Å². The van der Waals surface area contributed by atoms with Crippen LogP contribution in [0.15, 0.2) is 36.8 Å². The summed E-state index contributed by atoms with van der Waals surface area (Å²) in [5, 5.41) is 11.1. The number of ether oxygens (including phenoxy) is 1. The number of nitrogens with zero attached hydrogens (tertiary/aromatic N) is 6. The molecule has 1 aliphatic heterocycles. The van der Waals surface area contributed by atoms with Gasteiger partial charge in [0.2, 0.25) is 5.91 Å². The quantitative estimate of drug-likeness (QED) is 0.480. The van der Waals surface area contributed by atoms with E-state index in [-0.39, 0.29) is 17.6 Å². The van der Waals surface area contributed by atoms with E-state index in [4.69, 9.17) is 13.9 Å². The maximum absolute atomic E-state index is 12.3. The third kappa shape index (κ3) is 3.72. The lowest BCUT2D eigenvalue weighted by Gasteiger charge is -2.28. The van der Waals surface area contributed by atoms with Gasteiger partial charge in [0.15, 0.2) is 11.5 Å². The number of rotatable bonds is 5. The molecule has 0 radical (unpaired) electrons. The predicted octanol–water partition coefficient (Wildman–Crippen LogP) is 2.57. The Balaban J connectivity index is 1.42. The van der Waals surface area contributed by atoms with Crippen molar-refractivity contribution in [2.24, 2.45) is 5.92 Å². The van der Waals surface area contributed by atoms with Crippen LogP contribution in [0.1, 0.15) is 17.0 Å². The summed E-state index contributed by atoms with van der Waals surface area (Å²) in [5.41, 5.74) is 2.29. The van der Waals surface area contributed by atoms with Gasteiger partial charge in [-0.3, -0.25) is 4.79 Å². The normalized spacial score (nSPS) is 18.1. The number of amides is 1. The molecule has 2 N–H and O–H groups in total. The number of fused-ring (bicyclic) bond motifs is 2. The van der Waals surface area contributed by atoms with Crippen LogP contribution >= 0.6 is 0 Å². The van der Waals surface area contributed by atoms with Crippen LogP contribution < -0.4 is 15.5 Å². The van der Waals surface area contributed by atoms with E-state index < -0.39 is 6.98 Å². The number of carbonyl (C=O) groups is 1. The Kier molecular flexibility index (Phi) is 4.05. The van der Waals surface area contributed by atoms with Crippen molar-refractivity contribution in [1.82, 2.24) is 24.6 Å². The zero-order valence-electron chi connectivity index (χ0n) is 20.8. The molecule has 10 heteroatoms. The molecule has 0 aromatic carbocycles. The van der Waals surface area contributed by atoms with E-state index in [1.165, 1.54) is 6.20 Å². The van der Waals surface area contributed by atoms with Crippen LogP contribution in [0.4, 0.5) is 17.3 Å². The van der Waals surface area contributed by atoms with E-state index in [1.54, 1.807) is 16.8 Å². The van der Waals surface area contributed by atoms with Crippen LogP contribution in [-0.4, -0.2) is 63.8 Å². The van der Waals surface area contributed by atoms with Crippen molar-refractivity contribution >= 4 is 39.6 Å². The monoisotopic (exact) mass is 447 g/mol. The molecule has 1 saturated heterocycles. The first-order valence-corrected chi connectivity index (χ1v) is 10.9. The Bertz CT molecular complexity index is 1460. The lowest BCUT2D eigenvalue weighted by atomic mass is 10.1. The van der Waals surface area contributed by atoms with Crippen molar-refractivity contribution in [2.75, 3.05) is 48.8 Å². The molecular weight excluding hydrogens is 420 g/mol. The third-order valence-corrected chi connectivity index (χ3v) is 6.02. The van der Waals surface area contributed by atoms with Crippen LogP contribution in [-0.2, 0) is 9.53 Å². The molecule has 4 aromatic rings. The van der Waals surface area contributed by atoms with E-state index in [1.807, 2.05) is 18.3 Å². The first kappa shape index (κ1) is 16.8. The van der Waals surface area contributed by atoms with Crippen molar-refractivity contribution in [2.45, 2.75) is 12.8 Å². The van der Waals surface area contributed by atoms with E-state index in [2.05, 4.69) is 30.5 Å². The zero-order valence-corrected chi connectivity index (χ0v) is 17.8. The number of carbonyl (C=O) groups excluding carboxylic acids is 1. The second kappa shape index (κ2) is 7.96. The average molecular weight is 448 g/mol. The number of hydrogen-bond donors (Lipinski definition) is 2. The number of aromatic nitrogens is 5. The second-order valence-electron chi connectivity index (χ2n) is 8.25. The van der Waals surface area contributed by atoms with Crippen LogP contribution in [0.5, 0.6) is 0 Å². The van der Waals surface area contributed by atoms with Crippen molar-refractivity contribution in [3.63, 3.8) is 0 Å². The van der Waals surface area contributed by atoms with Crippen molar-refractivity contribution in [1.29, 1.82) is 0 Å². The molecule has 0 bridgehead atoms. The number of anilines is 3. The smallest absolute Gasteiger partial charge is 0.228 e. The molecule has 0 atom stereocenters. The molecule has 10 nitrogen and oxygen atoms in total. The molecule has 6 rings (SSSR count). The molecule has 1 aliphatic carbocycles. The Morgan fingerprint density at radius 3 is 2.88 bits per heavy atom. The van der Waals surface area contributed by atoms with E-state index in [0.29, 0.717) is 46.8 Å². The minimum Gasteiger partial charge on any atom is -0.378 e. The number of morpholine rings is 1. The number of nitrogens with one attached hydrogen (secondary N) is 2. The van der Waals surface area contributed by atoms with Gasteiger partial charge in [0.05, 0.1) is 25.1 Å². The highest BCUT2D eigenvalue weighted by Gasteiger charge is 2.30. The van der Waals surface area contributed by atoms with Gasteiger partial charge < -0.3 is 20.3 Å². The summed E-state index contributed by atoms with van der Waals surface area (Å²) >= 11 is 0. The summed E-state index contributed by atoms with van der Waals surface area (Å²) in [6.45, 7) is 0.548. The molecule has 1 saturated carbocycles. The van der Waals surface area contributed by atoms with Gasteiger partial charge in [0.25, 0.3) is 0 Å². The highest BCUT2D eigenvalue weighted by Crippen LogP contribution is 2.33. The van der Waals surface area contributed by atoms with Crippen molar-refractivity contribution < 1.29 is 13.6 Å². The number of hydrogen-bond acceptors (Lipinski definition) is 8. The zero-order chi connectivity index (χ0) is 24.9. The largest absolute Gasteiger partial charge is 0.378 e. The molecule has 0 unspecified atom stereocenters. The average Bonchev–Trinajstić information content (AvgIpc) is 3.63. The Morgan fingerprint density at radius 1 is 1.18 bits per heavy atom. The van der Waals surface area contributed by atoms with E-state index in [0.717, 1.165) is 31.6 Å². The molecule has 33 heavy (non-hydrogen) atoms. The third-order valence-electron chi connectivity index (χ3n) is 6.02. The summed E-state index contributed by atoms with van der Waals surface area (Å²) < 4.78 is 29.9. The summed E-state index contributed by atoms with van der Waals surface area (Å²) in [6.07, 6.45) is 6.73. The van der Waals surface area contributed by atoms with Gasteiger partial charge in [-0.05, 0) is 31.0 Å².